The quantitative estimate of drug-likeness (QED) is 0.294. The number of anilines is 1. The third-order valence-corrected chi connectivity index (χ3v) is 9.01. The summed E-state index contributed by atoms with van der Waals surface area (Å²) in [5.41, 5.74) is 3.22. The Bertz CT molecular complexity index is 1480. The number of hydrogen-bond acceptors (Lipinski definition) is 5. The predicted molar refractivity (Wildman–Crippen MR) is 151 cm³/mol. The summed E-state index contributed by atoms with van der Waals surface area (Å²) >= 11 is 16.1. The highest BCUT2D eigenvalue weighted by Crippen LogP contribution is 2.49. The zero-order valence-corrected chi connectivity index (χ0v) is 22.7. The zero-order valence-electron chi connectivity index (χ0n) is 19.6. The summed E-state index contributed by atoms with van der Waals surface area (Å²) in [6.45, 7) is -0.0921. The molecule has 2 aromatic carbocycles. The molecule has 0 spiro atoms. The van der Waals surface area contributed by atoms with Crippen molar-refractivity contribution in [3.8, 4) is 16.3 Å². The molecular formula is C27H22Cl2N4O2S2. The van der Waals surface area contributed by atoms with Gasteiger partial charge in [-0.25, -0.2) is 4.68 Å². The lowest BCUT2D eigenvalue weighted by molar-refractivity contribution is -0.123. The van der Waals surface area contributed by atoms with Gasteiger partial charge in [-0.1, -0.05) is 53.5 Å². The number of fused-ring (bicyclic) bond motifs is 1. The zero-order chi connectivity index (χ0) is 25.5. The van der Waals surface area contributed by atoms with Crippen LogP contribution >= 0.6 is 46.3 Å². The number of carbonyl (C=O) groups excluding carboxylic acids is 2. The van der Waals surface area contributed by atoms with Gasteiger partial charge in [0.15, 0.2) is 0 Å². The average Bonchev–Trinajstić information content (AvgIpc) is 3.41. The first kappa shape index (κ1) is 24.6. The summed E-state index contributed by atoms with van der Waals surface area (Å²) in [5.74, 6) is 0.419. The second kappa shape index (κ2) is 10.2. The largest absolute Gasteiger partial charge is 0.352 e. The first-order valence-corrected chi connectivity index (χ1v) is 14.6. The van der Waals surface area contributed by atoms with E-state index in [1.54, 1.807) is 27.0 Å². The number of para-hydroxylation sites is 1. The number of thiophene rings is 1. The Morgan fingerprint density at radius 3 is 2.65 bits per heavy atom. The van der Waals surface area contributed by atoms with Gasteiger partial charge in [-0.15, -0.1) is 23.1 Å². The minimum atomic E-state index is -0.234. The van der Waals surface area contributed by atoms with Crippen molar-refractivity contribution in [3.63, 3.8) is 0 Å². The fourth-order valence-corrected chi connectivity index (χ4v) is 6.81. The SMILES string of the molecule is O=C(CN1C(=O)CSC(c2cccc(Cl)c2)c2c(-c3cccs3)nn(-c3ccccc3Cl)c21)NC1CC1. The van der Waals surface area contributed by atoms with E-state index in [4.69, 9.17) is 28.3 Å². The highest BCUT2D eigenvalue weighted by atomic mass is 35.5. The molecule has 10 heteroatoms. The Kier molecular flexibility index (Phi) is 6.75. The van der Waals surface area contributed by atoms with Crippen LogP contribution in [-0.2, 0) is 9.59 Å². The maximum atomic E-state index is 13.6. The van der Waals surface area contributed by atoms with Crippen molar-refractivity contribution in [1.29, 1.82) is 0 Å². The standard InChI is InChI=1S/C27H22Cl2N4O2S2/c28-17-6-3-5-16(13-17)26-24-25(21-9-4-12-36-21)31-33(20-8-2-1-7-19(20)29)27(24)32(23(35)15-37-26)14-22(34)30-18-10-11-18/h1-9,12-13,18,26H,10-11,14-15H2,(H,30,34). The summed E-state index contributed by atoms with van der Waals surface area (Å²) in [6.07, 6.45) is 1.94. The molecule has 1 aliphatic carbocycles. The van der Waals surface area contributed by atoms with Crippen LogP contribution in [0, 0.1) is 0 Å². The third-order valence-electron chi connectivity index (χ3n) is 6.32. The van der Waals surface area contributed by atoms with Crippen LogP contribution in [0.4, 0.5) is 5.82 Å². The number of benzene rings is 2. The molecule has 1 unspecified atom stereocenters. The molecule has 1 fully saturated rings. The van der Waals surface area contributed by atoms with Crippen LogP contribution in [-0.4, -0.2) is 39.9 Å². The van der Waals surface area contributed by atoms with Crippen molar-refractivity contribution in [1.82, 2.24) is 15.1 Å². The van der Waals surface area contributed by atoms with E-state index < -0.39 is 0 Å². The molecule has 0 saturated heterocycles. The van der Waals surface area contributed by atoms with Crippen LogP contribution in [0.3, 0.4) is 0 Å². The molecule has 4 aromatic rings. The monoisotopic (exact) mass is 568 g/mol. The van der Waals surface area contributed by atoms with Gasteiger partial charge < -0.3 is 5.32 Å². The molecule has 1 atom stereocenters. The molecule has 3 heterocycles. The summed E-state index contributed by atoms with van der Waals surface area (Å²) in [4.78, 5) is 29.2. The van der Waals surface area contributed by atoms with Gasteiger partial charge in [-0.05, 0) is 54.1 Å². The van der Waals surface area contributed by atoms with Gasteiger partial charge in [-0.3, -0.25) is 14.5 Å². The van der Waals surface area contributed by atoms with E-state index in [1.807, 2.05) is 60.0 Å². The van der Waals surface area contributed by atoms with E-state index in [9.17, 15) is 9.59 Å². The van der Waals surface area contributed by atoms with E-state index in [-0.39, 0.29) is 35.4 Å². The van der Waals surface area contributed by atoms with Crippen molar-refractivity contribution in [2.45, 2.75) is 24.1 Å². The number of nitrogens with zero attached hydrogens (tertiary/aromatic N) is 3. The second-order valence-electron chi connectivity index (χ2n) is 8.99. The van der Waals surface area contributed by atoms with E-state index in [2.05, 4.69) is 5.32 Å². The molecule has 2 aliphatic rings. The van der Waals surface area contributed by atoms with E-state index >= 15 is 0 Å². The normalized spacial score (nSPS) is 17.4. The number of thioether (sulfide) groups is 1. The van der Waals surface area contributed by atoms with Crippen LogP contribution in [0.1, 0.15) is 29.2 Å². The number of halogens is 2. The topological polar surface area (TPSA) is 67.2 Å². The molecule has 188 valence electrons. The first-order chi connectivity index (χ1) is 18.0. The Balaban J connectivity index is 1.61. The molecule has 0 radical (unpaired) electrons. The number of carbonyl (C=O) groups is 2. The van der Waals surface area contributed by atoms with E-state index in [1.165, 1.54) is 11.8 Å². The summed E-state index contributed by atoms with van der Waals surface area (Å²) < 4.78 is 1.72. The van der Waals surface area contributed by atoms with Crippen LogP contribution in [0.2, 0.25) is 10.0 Å². The van der Waals surface area contributed by atoms with Gasteiger partial charge in [0.1, 0.15) is 18.1 Å². The third kappa shape index (κ3) is 4.91. The maximum absolute atomic E-state index is 13.6. The molecule has 0 bridgehead atoms. The Labute approximate surface area is 232 Å². The molecular weight excluding hydrogens is 547 g/mol. The molecule has 37 heavy (non-hydrogen) atoms. The lowest BCUT2D eigenvalue weighted by Crippen LogP contribution is -2.43. The minimum absolute atomic E-state index is 0.0921. The smallest absolute Gasteiger partial charge is 0.240 e. The van der Waals surface area contributed by atoms with E-state index in [0.717, 1.165) is 34.5 Å². The highest BCUT2D eigenvalue weighted by Gasteiger charge is 2.38. The van der Waals surface area contributed by atoms with Crippen molar-refractivity contribution in [2.24, 2.45) is 0 Å². The lowest BCUT2D eigenvalue weighted by Gasteiger charge is -2.23. The summed E-state index contributed by atoms with van der Waals surface area (Å²) in [6, 6.07) is 19.3. The highest BCUT2D eigenvalue weighted by molar-refractivity contribution is 8.00. The van der Waals surface area contributed by atoms with Crippen molar-refractivity contribution in [2.75, 3.05) is 17.2 Å². The lowest BCUT2D eigenvalue weighted by atomic mass is 10.0. The van der Waals surface area contributed by atoms with Crippen LogP contribution in [0.25, 0.3) is 16.3 Å². The van der Waals surface area contributed by atoms with E-state index in [0.29, 0.717) is 21.6 Å². The molecule has 6 nitrogen and oxygen atoms in total. The fraction of sp³-hybridized carbons (Fsp3) is 0.222. The van der Waals surface area contributed by atoms with Gasteiger partial charge in [-0.2, -0.15) is 5.10 Å². The Hall–Kier alpha value is -2.78. The predicted octanol–water partition coefficient (Wildman–Crippen LogP) is 6.36. The Morgan fingerprint density at radius 1 is 1.08 bits per heavy atom. The average molecular weight is 570 g/mol. The number of amides is 2. The molecule has 1 saturated carbocycles. The number of rotatable bonds is 6. The van der Waals surface area contributed by atoms with Gasteiger partial charge in [0, 0.05) is 16.6 Å². The number of aromatic nitrogens is 2. The van der Waals surface area contributed by atoms with Crippen LogP contribution < -0.4 is 10.2 Å². The van der Waals surface area contributed by atoms with Gasteiger partial charge in [0.05, 0.1) is 26.6 Å². The van der Waals surface area contributed by atoms with Crippen molar-refractivity contribution >= 4 is 63.9 Å². The second-order valence-corrected chi connectivity index (χ2v) is 11.9. The van der Waals surface area contributed by atoms with Gasteiger partial charge in [0.25, 0.3) is 0 Å². The van der Waals surface area contributed by atoms with Gasteiger partial charge in [0.2, 0.25) is 11.8 Å². The molecule has 6 rings (SSSR count). The summed E-state index contributed by atoms with van der Waals surface area (Å²) in [5, 5.41) is 10.9. The number of nitrogens with one attached hydrogen (secondary N) is 1. The molecule has 1 N–H and O–H groups in total. The van der Waals surface area contributed by atoms with Gasteiger partial charge >= 0.3 is 0 Å². The molecule has 2 aromatic heterocycles. The molecule has 2 amide bonds. The van der Waals surface area contributed by atoms with Crippen molar-refractivity contribution in [3.05, 3.63) is 87.2 Å². The van der Waals surface area contributed by atoms with Crippen LogP contribution in [0.5, 0.6) is 0 Å². The summed E-state index contributed by atoms with van der Waals surface area (Å²) in [7, 11) is 0. The number of hydrogen-bond donors (Lipinski definition) is 1. The minimum Gasteiger partial charge on any atom is -0.352 e. The fourth-order valence-electron chi connectivity index (χ4n) is 4.48. The van der Waals surface area contributed by atoms with Crippen molar-refractivity contribution < 1.29 is 9.59 Å². The first-order valence-electron chi connectivity index (χ1n) is 11.9. The Morgan fingerprint density at radius 2 is 1.92 bits per heavy atom. The van der Waals surface area contributed by atoms with Crippen LogP contribution in [0.15, 0.2) is 66.0 Å². The maximum Gasteiger partial charge on any atom is 0.240 e. The molecule has 1 aliphatic heterocycles.